The first-order chi connectivity index (χ1) is 10.8. The van der Waals surface area contributed by atoms with Gasteiger partial charge in [0.15, 0.2) is 0 Å². The Morgan fingerprint density at radius 1 is 1.17 bits per heavy atom. The summed E-state index contributed by atoms with van der Waals surface area (Å²) in [5.41, 5.74) is 5.18. The molecule has 1 aromatic heterocycles. The second-order valence-corrected chi connectivity index (χ2v) is 7.71. The van der Waals surface area contributed by atoms with Gasteiger partial charge in [0.25, 0.3) is 0 Å². The van der Waals surface area contributed by atoms with Gasteiger partial charge in [-0.25, -0.2) is 12.7 Å². The number of rotatable bonds is 4. The molecule has 5 heteroatoms. The van der Waals surface area contributed by atoms with Crippen molar-refractivity contribution in [3.63, 3.8) is 0 Å². The zero-order valence-corrected chi connectivity index (χ0v) is 14.8. The number of benzene rings is 1. The number of nitrogens with one attached hydrogen (secondary N) is 1. The van der Waals surface area contributed by atoms with Gasteiger partial charge >= 0.3 is 0 Å². The van der Waals surface area contributed by atoms with Crippen LogP contribution in [0.1, 0.15) is 28.1 Å². The second kappa shape index (κ2) is 6.93. The van der Waals surface area contributed by atoms with Gasteiger partial charge < -0.3 is 4.98 Å². The van der Waals surface area contributed by atoms with Gasteiger partial charge in [0, 0.05) is 36.0 Å². The summed E-state index contributed by atoms with van der Waals surface area (Å²) in [6, 6.07) is 12.5. The monoisotopic (exact) mass is 330 g/mol. The Bertz CT molecular complexity index is 855. The van der Waals surface area contributed by atoms with Crippen molar-refractivity contribution in [3.05, 3.63) is 58.4 Å². The lowest BCUT2D eigenvalue weighted by Crippen LogP contribution is -2.27. The van der Waals surface area contributed by atoms with Gasteiger partial charge in [0.05, 0.1) is 6.26 Å². The Morgan fingerprint density at radius 2 is 1.91 bits per heavy atom. The maximum atomic E-state index is 11.9. The molecule has 0 atom stereocenters. The summed E-state index contributed by atoms with van der Waals surface area (Å²) in [5, 5.41) is 0. The van der Waals surface area contributed by atoms with Gasteiger partial charge in [-0.15, -0.1) is 0 Å². The highest BCUT2D eigenvalue weighted by atomic mass is 32.2. The third-order valence-corrected chi connectivity index (χ3v) is 4.64. The van der Waals surface area contributed by atoms with Crippen molar-refractivity contribution in [3.8, 4) is 12.0 Å². The third kappa shape index (κ3) is 4.90. The molecule has 0 aliphatic heterocycles. The Balaban J connectivity index is 2.17. The minimum Gasteiger partial charge on any atom is -0.362 e. The summed E-state index contributed by atoms with van der Waals surface area (Å²) in [6.45, 7) is 6.32. The van der Waals surface area contributed by atoms with Crippen molar-refractivity contribution in [1.29, 1.82) is 0 Å². The molecule has 4 nitrogen and oxygen atoms in total. The Hall–Kier alpha value is -2.19. The summed E-state index contributed by atoms with van der Waals surface area (Å²) in [5.74, 6) is 2.93. The largest absolute Gasteiger partial charge is 0.362 e. The third-order valence-electron chi connectivity index (χ3n) is 3.57. The molecule has 1 N–H and O–H groups in total. The number of nitrogens with zero attached hydrogens (tertiary/aromatic N) is 1. The van der Waals surface area contributed by atoms with Gasteiger partial charge in [-0.3, -0.25) is 0 Å². The highest BCUT2D eigenvalue weighted by molar-refractivity contribution is 7.88. The summed E-state index contributed by atoms with van der Waals surface area (Å²) >= 11 is 0. The topological polar surface area (TPSA) is 53.2 Å². The van der Waals surface area contributed by atoms with E-state index in [-0.39, 0.29) is 0 Å². The van der Waals surface area contributed by atoms with E-state index < -0.39 is 10.0 Å². The van der Waals surface area contributed by atoms with Crippen LogP contribution in [0.15, 0.2) is 30.3 Å². The fourth-order valence-electron chi connectivity index (χ4n) is 2.41. The van der Waals surface area contributed by atoms with E-state index in [9.17, 15) is 8.42 Å². The van der Waals surface area contributed by atoms with Crippen molar-refractivity contribution in [2.24, 2.45) is 0 Å². The van der Waals surface area contributed by atoms with Crippen molar-refractivity contribution in [2.45, 2.75) is 27.2 Å². The molecule has 0 unspecified atom stereocenters. The fourth-order valence-corrected chi connectivity index (χ4v) is 3.05. The molecule has 23 heavy (non-hydrogen) atoms. The van der Waals surface area contributed by atoms with E-state index in [0.29, 0.717) is 13.0 Å². The molecule has 0 saturated carbocycles. The van der Waals surface area contributed by atoms with Crippen LogP contribution in [0.4, 0.5) is 0 Å². The number of aromatic amines is 1. The predicted octanol–water partition coefficient (Wildman–Crippen LogP) is 2.75. The molecule has 0 fully saturated rings. The van der Waals surface area contributed by atoms with Crippen LogP contribution in [0.3, 0.4) is 0 Å². The smallest absolute Gasteiger partial charge is 0.238 e. The summed E-state index contributed by atoms with van der Waals surface area (Å²) in [4.78, 5) is 3.26. The SMILES string of the molecule is Cc1cccc(C#CN(CCc2[nH]c(C)cc2C)S(C)(=O)=O)c1. The number of hydrogen-bond acceptors (Lipinski definition) is 2. The van der Waals surface area contributed by atoms with Crippen molar-refractivity contribution >= 4 is 10.0 Å². The van der Waals surface area contributed by atoms with Crippen LogP contribution in [0, 0.1) is 32.7 Å². The van der Waals surface area contributed by atoms with Crippen molar-refractivity contribution < 1.29 is 8.42 Å². The molecule has 0 spiro atoms. The Morgan fingerprint density at radius 3 is 2.48 bits per heavy atom. The molecule has 0 aliphatic rings. The molecule has 0 saturated heterocycles. The number of aromatic nitrogens is 1. The number of aryl methyl sites for hydroxylation is 3. The van der Waals surface area contributed by atoms with Crippen LogP contribution in [-0.2, 0) is 16.4 Å². The van der Waals surface area contributed by atoms with Crippen LogP contribution < -0.4 is 0 Å². The molecule has 122 valence electrons. The zero-order valence-electron chi connectivity index (χ0n) is 14.0. The molecule has 1 heterocycles. The minimum absolute atomic E-state index is 0.332. The van der Waals surface area contributed by atoms with Gasteiger partial charge in [0.1, 0.15) is 0 Å². The first kappa shape index (κ1) is 17.2. The predicted molar refractivity (Wildman–Crippen MR) is 93.6 cm³/mol. The molecule has 1 aromatic carbocycles. The first-order valence-corrected chi connectivity index (χ1v) is 9.31. The van der Waals surface area contributed by atoms with E-state index in [2.05, 4.69) is 23.0 Å². The highest BCUT2D eigenvalue weighted by Gasteiger charge is 2.13. The fraction of sp³-hybridized carbons (Fsp3) is 0.333. The molecule has 0 aliphatic carbocycles. The zero-order chi connectivity index (χ0) is 17.0. The summed E-state index contributed by atoms with van der Waals surface area (Å²) in [6.07, 6.45) is 1.79. The van der Waals surface area contributed by atoms with Crippen molar-refractivity contribution in [2.75, 3.05) is 12.8 Å². The standard InChI is InChI=1S/C18H22N2O2S/c1-14-6-5-7-17(12-14)8-10-20(23(4,21)22)11-9-18-15(2)13-16(3)19-18/h5-7,12-13,19H,9,11H2,1-4H3. The first-order valence-electron chi connectivity index (χ1n) is 7.47. The van der Waals surface area contributed by atoms with Gasteiger partial charge in [-0.1, -0.05) is 12.1 Å². The lowest BCUT2D eigenvalue weighted by atomic mass is 10.1. The van der Waals surface area contributed by atoms with Gasteiger partial charge in [-0.2, -0.15) is 0 Å². The van der Waals surface area contributed by atoms with Crippen molar-refractivity contribution in [1.82, 2.24) is 9.29 Å². The summed E-state index contributed by atoms with van der Waals surface area (Å²) < 4.78 is 25.1. The van der Waals surface area contributed by atoms with E-state index in [4.69, 9.17) is 0 Å². The Labute approximate surface area is 138 Å². The maximum absolute atomic E-state index is 11.9. The van der Waals surface area contributed by atoms with E-state index >= 15 is 0 Å². The molecule has 0 amide bonds. The van der Waals surface area contributed by atoms with E-state index in [0.717, 1.165) is 28.1 Å². The normalized spacial score (nSPS) is 11.0. The van der Waals surface area contributed by atoms with Crippen LogP contribution in [0.5, 0.6) is 0 Å². The quantitative estimate of drug-likeness (QED) is 0.692. The average Bonchev–Trinajstić information content (AvgIpc) is 2.75. The molecule has 0 bridgehead atoms. The molecule has 2 rings (SSSR count). The number of H-pyrrole nitrogens is 1. The molecular weight excluding hydrogens is 308 g/mol. The molecular formula is C18H22N2O2S. The van der Waals surface area contributed by atoms with E-state index in [1.165, 1.54) is 10.6 Å². The van der Waals surface area contributed by atoms with E-state index in [1.807, 2.05) is 45.0 Å². The molecule has 2 aromatic rings. The average molecular weight is 330 g/mol. The van der Waals surface area contributed by atoms with Crippen LogP contribution in [0.25, 0.3) is 0 Å². The van der Waals surface area contributed by atoms with Crippen LogP contribution in [0.2, 0.25) is 0 Å². The lowest BCUT2D eigenvalue weighted by Gasteiger charge is -2.14. The van der Waals surface area contributed by atoms with E-state index in [1.54, 1.807) is 0 Å². The highest BCUT2D eigenvalue weighted by Crippen LogP contribution is 2.11. The Kier molecular flexibility index (Phi) is 5.17. The second-order valence-electron chi connectivity index (χ2n) is 5.81. The maximum Gasteiger partial charge on any atom is 0.238 e. The lowest BCUT2D eigenvalue weighted by molar-refractivity contribution is 0.517. The summed E-state index contributed by atoms with van der Waals surface area (Å²) in [7, 11) is -3.38. The number of sulfonamides is 1. The minimum atomic E-state index is -3.38. The van der Waals surface area contributed by atoms with Gasteiger partial charge in [-0.05, 0) is 56.0 Å². The van der Waals surface area contributed by atoms with Crippen LogP contribution in [-0.4, -0.2) is 30.5 Å². The molecule has 0 radical (unpaired) electrons. The van der Waals surface area contributed by atoms with Gasteiger partial charge in [0.2, 0.25) is 10.0 Å². The van der Waals surface area contributed by atoms with Crippen LogP contribution >= 0.6 is 0 Å². The number of hydrogen-bond donors (Lipinski definition) is 1.